The Kier molecular flexibility index (Phi) is 5.48. The van der Waals surface area contributed by atoms with Gasteiger partial charge in [0, 0.05) is 18.2 Å². The number of hydrogen-bond donors (Lipinski definition) is 1. The molecule has 0 spiro atoms. The minimum atomic E-state index is -2.38. The molecule has 0 amide bonds. The fourth-order valence-electron chi connectivity index (χ4n) is 1.44. The molecule has 8 nitrogen and oxygen atoms in total. The van der Waals surface area contributed by atoms with Crippen LogP contribution in [0.2, 0.25) is 0 Å². The number of rotatable bonds is 7. The van der Waals surface area contributed by atoms with Gasteiger partial charge in [0.05, 0.1) is 26.1 Å². The summed E-state index contributed by atoms with van der Waals surface area (Å²) in [4.78, 5) is 21.1. The maximum atomic E-state index is 12.0. The lowest BCUT2D eigenvalue weighted by Gasteiger charge is -2.21. The van der Waals surface area contributed by atoms with Crippen LogP contribution in [-0.4, -0.2) is 54.8 Å². The molecule has 0 heterocycles. The van der Waals surface area contributed by atoms with Crippen molar-refractivity contribution in [1.29, 1.82) is 0 Å². The largest absolute Gasteiger partial charge is 0.549 e. The molecule has 0 aliphatic rings. The van der Waals surface area contributed by atoms with Crippen molar-refractivity contribution >= 4 is 25.0 Å². The van der Waals surface area contributed by atoms with Gasteiger partial charge in [-0.15, -0.1) is 4.52 Å². The second-order valence-electron chi connectivity index (χ2n) is 5.37. The summed E-state index contributed by atoms with van der Waals surface area (Å²) < 4.78 is 17.8. The Morgan fingerprint density at radius 1 is 1.43 bits per heavy atom. The smallest absolute Gasteiger partial charge is 0.478 e. The van der Waals surface area contributed by atoms with Crippen molar-refractivity contribution in [3.63, 3.8) is 0 Å². The molecular formula is C12H17N2O6P+2. The lowest BCUT2D eigenvalue weighted by molar-refractivity contribution is -0.870. The lowest BCUT2D eigenvalue weighted by Crippen LogP contribution is -2.37. The van der Waals surface area contributed by atoms with Crippen LogP contribution < -0.4 is 5.30 Å². The van der Waals surface area contributed by atoms with Gasteiger partial charge in [-0.25, -0.2) is 4.79 Å². The molecule has 1 N–H and O–H groups in total. The topological polar surface area (TPSA) is 107 Å². The Morgan fingerprint density at radius 3 is 2.52 bits per heavy atom. The summed E-state index contributed by atoms with van der Waals surface area (Å²) >= 11 is 0. The molecule has 0 radical (unpaired) electrons. The Labute approximate surface area is 122 Å². The maximum absolute atomic E-state index is 12.0. The number of quaternary nitrogens is 1. The van der Waals surface area contributed by atoms with E-state index < -0.39 is 18.9 Å². The summed E-state index contributed by atoms with van der Waals surface area (Å²) in [6, 6.07) is 3.15. The van der Waals surface area contributed by atoms with E-state index in [0.29, 0.717) is 11.0 Å². The normalized spacial score (nSPS) is 12.0. The van der Waals surface area contributed by atoms with Gasteiger partial charge in [0.2, 0.25) is 5.30 Å². The van der Waals surface area contributed by atoms with Crippen molar-refractivity contribution in [2.45, 2.75) is 0 Å². The summed E-state index contributed by atoms with van der Waals surface area (Å²) in [6.07, 6.45) is 0. The average Bonchev–Trinajstić information content (AvgIpc) is 2.36. The maximum Gasteiger partial charge on any atom is 0.549 e. The Bertz CT molecular complexity index is 582. The highest BCUT2D eigenvalue weighted by Gasteiger charge is 2.32. The van der Waals surface area contributed by atoms with E-state index in [1.54, 1.807) is 0 Å². The van der Waals surface area contributed by atoms with Crippen LogP contribution in [0.5, 0.6) is 0 Å². The summed E-state index contributed by atoms with van der Waals surface area (Å²) in [6.45, 7) is 0.783. The molecule has 1 aromatic carbocycles. The summed E-state index contributed by atoms with van der Waals surface area (Å²) in [5, 5.41) is 19.7. The van der Waals surface area contributed by atoms with Crippen molar-refractivity contribution in [3.05, 3.63) is 33.9 Å². The average molecular weight is 316 g/mol. The molecule has 1 atom stereocenters. The van der Waals surface area contributed by atoms with Crippen LogP contribution >= 0.6 is 8.03 Å². The molecule has 9 heteroatoms. The quantitative estimate of drug-likeness (QED) is 0.352. The molecule has 0 aromatic heterocycles. The number of carbonyl (C=O) groups is 1. The molecule has 1 aromatic rings. The number of nitro groups is 1. The third-order valence-corrected chi connectivity index (χ3v) is 3.79. The van der Waals surface area contributed by atoms with Crippen molar-refractivity contribution in [2.75, 3.05) is 34.3 Å². The number of nitrogens with zero attached hydrogens (tertiary/aromatic N) is 2. The molecule has 0 aliphatic carbocycles. The number of hydrogen-bond acceptors (Lipinski definition) is 5. The van der Waals surface area contributed by atoms with Gasteiger partial charge in [-0.1, -0.05) is 0 Å². The van der Waals surface area contributed by atoms with Gasteiger partial charge in [0.15, 0.2) is 6.61 Å². The molecule has 21 heavy (non-hydrogen) atoms. The molecule has 0 fully saturated rings. The molecule has 114 valence electrons. The van der Waals surface area contributed by atoms with Gasteiger partial charge in [0.25, 0.3) is 5.69 Å². The van der Waals surface area contributed by atoms with Gasteiger partial charge in [-0.3, -0.25) is 10.1 Å². The van der Waals surface area contributed by atoms with Crippen LogP contribution in [0, 0.1) is 10.1 Å². The van der Waals surface area contributed by atoms with E-state index in [1.807, 2.05) is 21.1 Å². The van der Waals surface area contributed by atoms with Crippen LogP contribution in [0.3, 0.4) is 0 Å². The Hall–Kier alpha value is -1.89. The second kappa shape index (κ2) is 6.71. The zero-order valence-corrected chi connectivity index (χ0v) is 12.9. The van der Waals surface area contributed by atoms with Gasteiger partial charge in [-0.2, -0.15) is 0 Å². The van der Waals surface area contributed by atoms with E-state index in [9.17, 15) is 19.5 Å². The highest BCUT2D eigenvalue weighted by Crippen LogP contribution is 2.26. The SMILES string of the molecule is C[N+](C)(C)CCO[P+](=O)c1ccc([N+](=O)[O-])cc1C(=O)O. The van der Waals surface area contributed by atoms with E-state index in [-0.39, 0.29) is 23.2 Å². The van der Waals surface area contributed by atoms with E-state index in [0.717, 1.165) is 18.2 Å². The third-order valence-electron chi connectivity index (χ3n) is 2.59. The van der Waals surface area contributed by atoms with Crippen LogP contribution in [0.1, 0.15) is 10.4 Å². The van der Waals surface area contributed by atoms with Gasteiger partial charge >= 0.3 is 14.0 Å². The first-order valence-corrected chi connectivity index (χ1v) is 7.22. The minimum absolute atomic E-state index is 0.0514. The number of carboxylic acid groups (broad SMARTS) is 1. The van der Waals surface area contributed by atoms with Gasteiger partial charge in [0.1, 0.15) is 12.1 Å². The van der Waals surface area contributed by atoms with Crippen molar-refractivity contribution in [1.82, 2.24) is 0 Å². The Balaban J connectivity index is 2.93. The highest BCUT2D eigenvalue weighted by atomic mass is 31.1. The number of likely N-dealkylation sites (N-methyl/N-ethyl adjacent to an activating group) is 1. The summed E-state index contributed by atoms with van der Waals surface area (Å²) in [5.74, 6) is -1.38. The lowest BCUT2D eigenvalue weighted by atomic mass is 10.2. The first-order valence-electron chi connectivity index (χ1n) is 6.04. The fraction of sp³-hybridized carbons (Fsp3) is 0.417. The molecule has 0 saturated heterocycles. The molecular weight excluding hydrogens is 299 g/mol. The predicted octanol–water partition coefficient (Wildman–Crippen LogP) is 1.38. The first-order chi connectivity index (χ1) is 9.61. The van der Waals surface area contributed by atoms with Crippen molar-refractivity contribution < 1.29 is 28.4 Å². The van der Waals surface area contributed by atoms with E-state index in [4.69, 9.17) is 9.63 Å². The van der Waals surface area contributed by atoms with Gasteiger partial charge < -0.3 is 9.59 Å². The van der Waals surface area contributed by atoms with Crippen molar-refractivity contribution in [3.8, 4) is 0 Å². The third kappa shape index (κ3) is 5.18. The Morgan fingerprint density at radius 2 is 2.05 bits per heavy atom. The van der Waals surface area contributed by atoms with E-state index >= 15 is 0 Å². The summed E-state index contributed by atoms with van der Waals surface area (Å²) in [5.41, 5.74) is -0.749. The zero-order valence-electron chi connectivity index (χ0n) is 12.0. The van der Waals surface area contributed by atoms with E-state index in [2.05, 4.69) is 0 Å². The highest BCUT2D eigenvalue weighted by molar-refractivity contribution is 7.48. The monoisotopic (exact) mass is 316 g/mol. The van der Waals surface area contributed by atoms with Gasteiger partial charge in [-0.05, 0) is 4.57 Å². The van der Waals surface area contributed by atoms with Crippen LogP contribution in [0.25, 0.3) is 0 Å². The van der Waals surface area contributed by atoms with E-state index in [1.165, 1.54) is 0 Å². The van der Waals surface area contributed by atoms with Crippen LogP contribution in [0.15, 0.2) is 18.2 Å². The predicted molar refractivity (Wildman–Crippen MR) is 76.1 cm³/mol. The number of carboxylic acids is 1. The second-order valence-corrected chi connectivity index (χ2v) is 6.62. The number of nitro benzene ring substituents is 1. The van der Waals surface area contributed by atoms with Crippen LogP contribution in [0.4, 0.5) is 5.69 Å². The number of benzene rings is 1. The molecule has 1 unspecified atom stereocenters. The van der Waals surface area contributed by atoms with Crippen molar-refractivity contribution in [2.24, 2.45) is 0 Å². The first kappa shape index (κ1) is 17.2. The fourth-order valence-corrected chi connectivity index (χ4v) is 2.37. The summed E-state index contributed by atoms with van der Waals surface area (Å²) in [7, 11) is 3.43. The minimum Gasteiger partial charge on any atom is -0.478 e. The number of non-ortho nitro benzene ring substituents is 1. The standard InChI is InChI=1S/C12H16N2O6P/c1-14(2,3)6-7-20-21(19)11-5-4-9(13(17)18)8-10(11)12(15)16/h4-5,8H,6-7H2,1-3H3/q+1/p+1. The van der Waals surface area contributed by atoms with Crippen LogP contribution in [-0.2, 0) is 9.09 Å². The molecule has 0 bridgehead atoms. The zero-order chi connectivity index (χ0) is 16.2. The molecule has 0 aliphatic heterocycles. The molecule has 0 saturated carbocycles. The number of aromatic carboxylic acids is 1. The molecule has 1 rings (SSSR count).